The number of primary amides is 1. The Labute approximate surface area is 119 Å². The fourth-order valence-corrected chi connectivity index (χ4v) is 1.50. The number of ether oxygens (including phenoxy) is 1. The first kappa shape index (κ1) is 14.4. The Balaban J connectivity index is 1.98. The second-order valence-corrected chi connectivity index (χ2v) is 4.10. The van der Waals surface area contributed by atoms with Gasteiger partial charge in [-0.3, -0.25) is 9.59 Å². The molecule has 0 spiro atoms. The van der Waals surface area contributed by atoms with Crippen LogP contribution in [0.15, 0.2) is 42.6 Å². The molecule has 0 aliphatic carbocycles. The number of hydrogen-bond acceptors (Lipinski definition) is 4. The Morgan fingerprint density at radius 3 is 2.48 bits per heavy atom. The van der Waals surface area contributed by atoms with Crippen molar-refractivity contribution in [3.63, 3.8) is 0 Å². The van der Waals surface area contributed by atoms with E-state index < -0.39 is 17.8 Å². The molecule has 21 heavy (non-hydrogen) atoms. The summed E-state index contributed by atoms with van der Waals surface area (Å²) in [4.78, 5) is 25.8. The number of rotatable bonds is 5. The van der Waals surface area contributed by atoms with Gasteiger partial charge in [0.2, 0.25) is 5.95 Å². The molecule has 0 unspecified atom stereocenters. The quantitative estimate of drug-likeness (QED) is 0.812. The molecule has 108 valence electrons. The third kappa shape index (κ3) is 4.27. The van der Waals surface area contributed by atoms with E-state index in [2.05, 4.69) is 10.3 Å². The number of aromatic nitrogens is 1. The third-order valence-electron chi connectivity index (χ3n) is 2.48. The predicted molar refractivity (Wildman–Crippen MR) is 73.3 cm³/mol. The Kier molecular flexibility index (Phi) is 4.45. The second-order valence-electron chi connectivity index (χ2n) is 4.10. The van der Waals surface area contributed by atoms with Crippen molar-refractivity contribution >= 4 is 17.5 Å². The molecule has 7 heteroatoms. The summed E-state index contributed by atoms with van der Waals surface area (Å²) in [6.45, 7) is -0.215. The summed E-state index contributed by atoms with van der Waals surface area (Å²) in [5.74, 6) is -1.18. The summed E-state index contributed by atoms with van der Waals surface area (Å²) in [7, 11) is 0. The zero-order valence-corrected chi connectivity index (χ0v) is 10.9. The van der Waals surface area contributed by atoms with Crippen molar-refractivity contribution in [2.24, 2.45) is 5.73 Å². The number of pyridine rings is 1. The van der Waals surface area contributed by atoms with Gasteiger partial charge in [-0.25, -0.2) is 4.98 Å². The number of hydrogen-bond donors (Lipinski definition) is 2. The van der Waals surface area contributed by atoms with Crippen LogP contribution in [0.25, 0.3) is 0 Å². The molecule has 2 aromatic rings. The zero-order chi connectivity index (χ0) is 15.2. The summed E-state index contributed by atoms with van der Waals surface area (Å²) in [6, 6.07) is 8.82. The molecular weight excluding hydrogens is 277 g/mol. The van der Waals surface area contributed by atoms with Crippen molar-refractivity contribution in [1.29, 1.82) is 0 Å². The monoisotopic (exact) mass is 289 g/mol. The van der Waals surface area contributed by atoms with Crippen LogP contribution >= 0.6 is 0 Å². The lowest BCUT2D eigenvalue weighted by Crippen LogP contribution is -2.20. The van der Waals surface area contributed by atoms with Crippen LogP contribution < -0.4 is 15.8 Å². The van der Waals surface area contributed by atoms with Gasteiger partial charge in [0, 0.05) is 11.9 Å². The molecule has 1 aromatic heterocycles. The number of carbonyl (C=O) groups is 2. The second kappa shape index (κ2) is 6.47. The summed E-state index contributed by atoms with van der Waals surface area (Å²) < 4.78 is 17.7. The molecule has 2 rings (SSSR count). The van der Waals surface area contributed by atoms with Crippen LogP contribution in [0.2, 0.25) is 0 Å². The molecule has 0 bridgehead atoms. The Bertz CT molecular complexity index is 642. The van der Waals surface area contributed by atoms with Gasteiger partial charge in [0.1, 0.15) is 5.75 Å². The number of carbonyl (C=O) groups excluding carboxylic acids is 2. The van der Waals surface area contributed by atoms with Crippen molar-refractivity contribution in [3.05, 3.63) is 54.1 Å². The van der Waals surface area contributed by atoms with Crippen molar-refractivity contribution in [2.45, 2.75) is 0 Å². The molecule has 0 saturated carbocycles. The predicted octanol–water partition coefficient (Wildman–Crippen LogP) is 1.34. The summed E-state index contributed by atoms with van der Waals surface area (Å²) >= 11 is 0. The topological polar surface area (TPSA) is 94.3 Å². The molecule has 0 aliphatic rings. The third-order valence-corrected chi connectivity index (χ3v) is 2.48. The first-order valence-corrected chi connectivity index (χ1v) is 5.98. The van der Waals surface area contributed by atoms with Crippen molar-refractivity contribution < 1.29 is 18.7 Å². The highest BCUT2D eigenvalue weighted by Gasteiger charge is 2.07. The summed E-state index contributed by atoms with van der Waals surface area (Å²) in [5.41, 5.74) is 5.72. The van der Waals surface area contributed by atoms with Crippen LogP contribution in [-0.2, 0) is 4.79 Å². The highest BCUT2D eigenvalue weighted by atomic mass is 19.1. The number of benzene rings is 1. The molecule has 0 fully saturated rings. The van der Waals surface area contributed by atoms with E-state index in [0.29, 0.717) is 11.4 Å². The van der Waals surface area contributed by atoms with Crippen molar-refractivity contribution in [2.75, 3.05) is 11.9 Å². The smallest absolute Gasteiger partial charge is 0.257 e. The van der Waals surface area contributed by atoms with Crippen LogP contribution in [0.5, 0.6) is 5.75 Å². The number of halogens is 1. The minimum Gasteiger partial charge on any atom is -0.484 e. The molecule has 6 nitrogen and oxygen atoms in total. The summed E-state index contributed by atoms with van der Waals surface area (Å²) in [6.07, 6.45) is 1.15. The highest BCUT2D eigenvalue weighted by Crippen LogP contribution is 2.16. The molecule has 0 aliphatic heterocycles. The van der Waals surface area contributed by atoms with Gasteiger partial charge >= 0.3 is 0 Å². The largest absolute Gasteiger partial charge is 0.484 e. The van der Waals surface area contributed by atoms with Crippen molar-refractivity contribution in [3.8, 4) is 5.75 Å². The van der Waals surface area contributed by atoms with Crippen LogP contribution in [0.3, 0.4) is 0 Å². The van der Waals surface area contributed by atoms with Crippen LogP contribution in [0, 0.1) is 5.95 Å². The van der Waals surface area contributed by atoms with E-state index in [4.69, 9.17) is 10.5 Å². The lowest BCUT2D eigenvalue weighted by Gasteiger charge is -2.07. The lowest BCUT2D eigenvalue weighted by atomic mass is 10.2. The Morgan fingerprint density at radius 1 is 1.19 bits per heavy atom. The first-order valence-electron chi connectivity index (χ1n) is 5.98. The van der Waals surface area contributed by atoms with Gasteiger partial charge in [-0.15, -0.1) is 0 Å². The minimum absolute atomic E-state index is 0.215. The van der Waals surface area contributed by atoms with Gasteiger partial charge in [0.15, 0.2) is 6.61 Å². The zero-order valence-electron chi connectivity index (χ0n) is 10.9. The van der Waals surface area contributed by atoms with Crippen LogP contribution in [-0.4, -0.2) is 23.4 Å². The van der Waals surface area contributed by atoms with Gasteiger partial charge in [-0.05, 0) is 36.4 Å². The molecule has 1 heterocycles. The van der Waals surface area contributed by atoms with E-state index >= 15 is 0 Å². The summed E-state index contributed by atoms with van der Waals surface area (Å²) in [5, 5.41) is 2.62. The fourth-order valence-electron chi connectivity index (χ4n) is 1.50. The molecule has 2 amide bonds. The van der Waals surface area contributed by atoms with Gasteiger partial charge in [-0.2, -0.15) is 4.39 Å². The molecule has 0 saturated heterocycles. The van der Waals surface area contributed by atoms with E-state index in [1.165, 1.54) is 6.07 Å². The minimum atomic E-state index is -0.650. The maximum absolute atomic E-state index is 12.7. The van der Waals surface area contributed by atoms with E-state index in [9.17, 15) is 14.0 Å². The lowest BCUT2D eigenvalue weighted by molar-refractivity contribution is -0.119. The average molecular weight is 289 g/mol. The molecule has 0 radical (unpaired) electrons. The van der Waals surface area contributed by atoms with Crippen LogP contribution in [0.4, 0.5) is 10.1 Å². The van der Waals surface area contributed by atoms with Gasteiger partial charge in [-0.1, -0.05) is 0 Å². The maximum atomic E-state index is 12.7. The highest BCUT2D eigenvalue weighted by molar-refractivity contribution is 6.04. The normalized spacial score (nSPS) is 9.95. The number of nitrogens with two attached hydrogens (primary N) is 1. The van der Waals surface area contributed by atoms with E-state index in [0.717, 1.165) is 12.3 Å². The van der Waals surface area contributed by atoms with E-state index in [1.54, 1.807) is 24.3 Å². The van der Waals surface area contributed by atoms with Gasteiger partial charge < -0.3 is 15.8 Å². The van der Waals surface area contributed by atoms with E-state index in [1.807, 2.05) is 0 Å². The Hall–Kier alpha value is -2.96. The number of nitrogens with zero attached hydrogens (tertiary/aromatic N) is 1. The SMILES string of the molecule is NC(=O)COc1ccc(NC(=O)c2ccc(F)nc2)cc1. The van der Waals surface area contributed by atoms with Gasteiger partial charge in [0.05, 0.1) is 5.56 Å². The van der Waals surface area contributed by atoms with Crippen molar-refractivity contribution in [1.82, 2.24) is 4.98 Å². The van der Waals surface area contributed by atoms with Crippen LogP contribution in [0.1, 0.15) is 10.4 Å². The standard InChI is InChI=1S/C14H12FN3O3/c15-12-6-1-9(7-17-12)14(20)18-10-2-4-11(5-3-10)21-8-13(16)19/h1-7H,8H2,(H2,16,19)(H,18,20). The maximum Gasteiger partial charge on any atom is 0.257 e. The fraction of sp³-hybridized carbons (Fsp3) is 0.0714. The molecule has 0 atom stereocenters. The molecule has 3 N–H and O–H groups in total. The van der Waals surface area contributed by atoms with Gasteiger partial charge in [0.25, 0.3) is 11.8 Å². The van der Waals surface area contributed by atoms with E-state index in [-0.39, 0.29) is 12.2 Å². The molecule has 1 aromatic carbocycles. The Morgan fingerprint density at radius 2 is 1.90 bits per heavy atom. The average Bonchev–Trinajstić information content (AvgIpc) is 2.47. The number of anilines is 1. The first-order chi connectivity index (χ1) is 10.0. The number of nitrogens with one attached hydrogen (secondary N) is 1. The molecular formula is C14H12FN3O3. The number of amides is 2.